The molecule has 178 valence electrons. The van der Waals surface area contributed by atoms with E-state index in [1.165, 1.54) is 13.0 Å². The number of nitrogens with zero attached hydrogens (tertiary/aromatic N) is 2. The van der Waals surface area contributed by atoms with Crippen LogP contribution in [0.3, 0.4) is 0 Å². The third kappa shape index (κ3) is 9.00. The van der Waals surface area contributed by atoms with E-state index < -0.39 is 13.9 Å². The molecule has 0 saturated carbocycles. The predicted molar refractivity (Wildman–Crippen MR) is 138 cm³/mol. The van der Waals surface area contributed by atoms with Crippen molar-refractivity contribution in [2.75, 3.05) is 25.0 Å². The van der Waals surface area contributed by atoms with Crippen LogP contribution in [0.1, 0.15) is 45.0 Å². The first kappa shape index (κ1) is 27.2. The third-order valence-corrected chi connectivity index (χ3v) is 6.37. The van der Waals surface area contributed by atoms with E-state index in [0.29, 0.717) is 11.6 Å². The highest BCUT2D eigenvalue weighted by molar-refractivity contribution is 7.38. The van der Waals surface area contributed by atoms with E-state index in [4.69, 9.17) is 21.6 Å². The van der Waals surface area contributed by atoms with Crippen molar-refractivity contribution in [1.82, 2.24) is 9.88 Å². The predicted octanol–water partition coefficient (Wildman–Crippen LogP) is 6.22. The Morgan fingerprint density at radius 1 is 1.12 bits per heavy atom. The van der Waals surface area contributed by atoms with Gasteiger partial charge in [0.05, 0.1) is 5.52 Å². The van der Waals surface area contributed by atoms with Crippen LogP contribution >= 0.6 is 19.6 Å². The first-order valence-corrected chi connectivity index (χ1v) is 12.9. The van der Waals surface area contributed by atoms with Crippen LogP contribution in [-0.4, -0.2) is 45.6 Å². The number of halogens is 1. The molecule has 8 heteroatoms. The minimum Gasteiger partial charge on any atom is -0.382 e. The fourth-order valence-corrected chi connectivity index (χ4v) is 4.09. The highest BCUT2D eigenvalue weighted by atomic mass is 35.5. The number of pyridine rings is 1. The fourth-order valence-electron chi connectivity index (χ4n) is 3.50. The largest absolute Gasteiger partial charge is 0.542 e. The lowest BCUT2D eigenvalue weighted by Crippen LogP contribution is -2.25. The summed E-state index contributed by atoms with van der Waals surface area (Å²) in [6, 6.07) is 16.7. The number of hydrogen-bond donors (Lipinski definition) is 3. The van der Waals surface area contributed by atoms with Gasteiger partial charge < -0.3 is 15.3 Å². The van der Waals surface area contributed by atoms with Crippen LogP contribution in [0.4, 0.5) is 5.69 Å². The molecule has 2 aromatic carbocycles. The summed E-state index contributed by atoms with van der Waals surface area (Å²) in [7, 11) is -2.53. The van der Waals surface area contributed by atoms with Gasteiger partial charge in [0, 0.05) is 33.9 Å². The highest BCUT2D eigenvalue weighted by Gasteiger charge is 2.27. The van der Waals surface area contributed by atoms with Gasteiger partial charge in [-0.15, -0.1) is 0 Å². The Hall–Kier alpha value is -2.08. The molecular formula is C25H34ClN3O3P+. The highest BCUT2D eigenvalue weighted by Crippen LogP contribution is 2.34. The first-order chi connectivity index (χ1) is 15.8. The maximum absolute atomic E-state index is 10.4. The Kier molecular flexibility index (Phi) is 11.7. The minimum absolute atomic E-state index is 0.442. The molecule has 3 aromatic rings. The second-order valence-electron chi connectivity index (χ2n) is 7.82. The monoisotopic (exact) mass is 490 g/mol. The molecule has 0 aliphatic rings. The summed E-state index contributed by atoms with van der Waals surface area (Å²) in [6.07, 6.45) is 4.21. The van der Waals surface area contributed by atoms with Gasteiger partial charge in [0.2, 0.25) is 0 Å². The van der Waals surface area contributed by atoms with E-state index >= 15 is 0 Å². The average Bonchev–Trinajstić information content (AvgIpc) is 2.82. The molecule has 6 nitrogen and oxygen atoms in total. The molecule has 1 aromatic heterocycles. The van der Waals surface area contributed by atoms with Crippen LogP contribution in [0, 0.1) is 0 Å². The summed E-state index contributed by atoms with van der Waals surface area (Å²) in [5, 5.41) is 14.5. The SMILES string of the molecule is CCN(CC)CCCC(C)Nc1ccnc2cc(Cl)ccc12.O=[P+](O)C(O)c1ccccc1. The molecule has 0 spiro atoms. The number of hydrogen-bond acceptors (Lipinski definition) is 5. The van der Waals surface area contributed by atoms with Gasteiger partial charge in [-0.2, -0.15) is 4.89 Å². The van der Waals surface area contributed by atoms with Gasteiger partial charge in [-0.3, -0.25) is 4.98 Å². The first-order valence-electron chi connectivity index (χ1n) is 11.3. The number of nitrogens with one attached hydrogen (secondary N) is 1. The molecule has 0 amide bonds. The van der Waals surface area contributed by atoms with Crippen molar-refractivity contribution in [1.29, 1.82) is 0 Å². The number of aromatic nitrogens is 1. The number of rotatable bonds is 10. The van der Waals surface area contributed by atoms with Crippen molar-refractivity contribution in [2.45, 2.75) is 45.5 Å². The zero-order valence-electron chi connectivity index (χ0n) is 19.5. The smallest absolute Gasteiger partial charge is 0.382 e. The van der Waals surface area contributed by atoms with Crippen molar-refractivity contribution in [2.24, 2.45) is 0 Å². The molecule has 0 fully saturated rings. The Morgan fingerprint density at radius 3 is 2.45 bits per heavy atom. The normalized spacial score (nSPS) is 13.2. The van der Waals surface area contributed by atoms with Crippen molar-refractivity contribution >= 4 is 36.2 Å². The lowest BCUT2D eigenvalue weighted by Gasteiger charge is -2.20. The topological polar surface area (TPSA) is 85.7 Å². The summed E-state index contributed by atoms with van der Waals surface area (Å²) in [4.78, 5) is 15.4. The van der Waals surface area contributed by atoms with E-state index in [0.717, 1.165) is 41.1 Å². The Balaban J connectivity index is 0.000000294. The molecule has 3 unspecified atom stereocenters. The van der Waals surface area contributed by atoms with Crippen LogP contribution in [0.15, 0.2) is 60.8 Å². The average molecular weight is 491 g/mol. The quantitative estimate of drug-likeness (QED) is 0.292. The number of fused-ring (bicyclic) bond motifs is 1. The standard InChI is InChI=1S/C18H26ClN3.C7H7O3P/c1-4-22(5-2)12-6-7-14(3)21-17-10-11-20-18-13-15(19)8-9-16(17)18;8-7(11(9)10)6-4-2-1-3-5-6/h8-11,13-14H,4-7,12H2,1-3H3,(H,20,21);1-5,7-8H/p+1. The fraction of sp³-hybridized carbons (Fsp3) is 0.400. The summed E-state index contributed by atoms with van der Waals surface area (Å²) in [5.74, 6) is -1.26. The Bertz CT molecular complexity index is 1000. The zero-order valence-corrected chi connectivity index (χ0v) is 21.1. The molecule has 3 rings (SSSR count). The minimum atomic E-state index is -2.53. The molecule has 0 bridgehead atoms. The van der Waals surface area contributed by atoms with Gasteiger partial charge >= 0.3 is 13.9 Å². The van der Waals surface area contributed by atoms with E-state index in [-0.39, 0.29) is 0 Å². The molecule has 1 heterocycles. The summed E-state index contributed by atoms with van der Waals surface area (Å²) in [5.41, 5.74) is 2.54. The number of aliphatic hydroxyl groups is 1. The van der Waals surface area contributed by atoms with Crippen LogP contribution in [0.5, 0.6) is 0 Å². The van der Waals surface area contributed by atoms with Crippen molar-refractivity contribution < 1.29 is 14.6 Å². The van der Waals surface area contributed by atoms with Crippen molar-refractivity contribution in [3.8, 4) is 0 Å². The molecule has 3 N–H and O–H groups in total. The van der Waals surface area contributed by atoms with Crippen LogP contribution in [0.2, 0.25) is 5.02 Å². The van der Waals surface area contributed by atoms with Gasteiger partial charge in [-0.1, -0.05) is 55.8 Å². The molecule has 33 heavy (non-hydrogen) atoms. The van der Waals surface area contributed by atoms with E-state index in [1.54, 1.807) is 30.3 Å². The van der Waals surface area contributed by atoms with Crippen molar-refractivity contribution in [3.63, 3.8) is 0 Å². The third-order valence-electron chi connectivity index (χ3n) is 5.42. The summed E-state index contributed by atoms with van der Waals surface area (Å²) >= 11 is 6.04. The van der Waals surface area contributed by atoms with Crippen LogP contribution < -0.4 is 5.32 Å². The number of anilines is 1. The second kappa shape index (κ2) is 14.2. The van der Waals surface area contributed by atoms with Gasteiger partial charge in [0.1, 0.15) is 0 Å². The van der Waals surface area contributed by atoms with Gasteiger partial charge in [-0.25, -0.2) is 0 Å². The lowest BCUT2D eigenvalue weighted by atomic mass is 10.1. The molecular weight excluding hydrogens is 457 g/mol. The lowest BCUT2D eigenvalue weighted by molar-refractivity contribution is 0.243. The molecule has 0 saturated heterocycles. The molecule has 0 radical (unpaired) electrons. The number of aliphatic hydroxyl groups excluding tert-OH is 1. The maximum Gasteiger partial charge on any atom is 0.542 e. The number of benzene rings is 2. The second-order valence-corrected chi connectivity index (χ2v) is 9.35. The summed E-state index contributed by atoms with van der Waals surface area (Å²) < 4.78 is 10.4. The van der Waals surface area contributed by atoms with Gasteiger partial charge in [0.15, 0.2) is 0 Å². The van der Waals surface area contributed by atoms with E-state index in [1.807, 2.05) is 30.5 Å². The van der Waals surface area contributed by atoms with Gasteiger partial charge in [-0.05, 0) is 68.2 Å². The van der Waals surface area contributed by atoms with Crippen LogP contribution in [0.25, 0.3) is 10.9 Å². The van der Waals surface area contributed by atoms with Gasteiger partial charge in [0.25, 0.3) is 0 Å². The molecule has 3 atom stereocenters. The maximum atomic E-state index is 10.4. The van der Waals surface area contributed by atoms with Crippen LogP contribution in [-0.2, 0) is 4.57 Å². The molecule has 0 aliphatic carbocycles. The van der Waals surface area contributed by atoms with E-state index in [2.05, 4.69) is 36.0 Å². The van der Waals surface area contributed by atoms with Crippen molar-refractivity contribution in [3.05, 3.63) is 71.4 Å². The molecule has 0 aliphatic heterocycles. The van der Waals surface area contributed by atoms with E-state index in [9.17, 15) is 4.57 Å². The Morgan fingerprint density at radius 2 is 1.82 bits per heavy atom. The zero-order chi connectivity index (χ0) is 24.2. The Labute approximate surface area is 202 Å². The summed E-state index contributed by atoms with van der Waals surface area (Å²) in [6.45, 7) is 10.1.